The topological polar surface area (TPSA) is 615 Å². The van der Waals surface area contributed by atoms with E-state index in [0.717, 1.165) is 0 Å². The summed E-state index contributed by atoms with van der Waals surface area (Å²) in [5.41, 5.74) is 0. The van der Waals surface area contributed by atoms with E-state index in [9.17, 15) is 123 Å². The highest BCUT2D eigenvalue weighted by Crippen LogP contribution is 2.36. The number of aliphatic hydroxyl groups excluding tert-OH is 24. The zero-order chi connectivity index (χ0) is 61.0. The van der Waals surface area contributed by atoms with Gasteiger partial charge in [-0.15, -0.1) is 0 Å². The molecule has 0 radical (unpaired) electrons. The van der Waals surface area contributed by atoms with Gasteiger partial charge < -0.3 is 189 Å². The molecule has 0 aliphatic carbocycles. The summed E-state index contributed by atoms with van der Waals surface area (Å²) in [5, 5.41) is 255. The smallest absolute Gasteiger partial charge is 0.187 e. The van der Waals surface area contributed by atoms with Crippen LogP contribution in [0, 0.1) is 0 Å². The SMILES string of the molecule is OC[C@@H](O)[C@@H](O[C@@H]1O[C@H](CO[C@H]2OC[C@@H](O)[C@H](O)[C@H]2O)[C@@H](O[C@@H]2O[C@H](CO[C@H]3OC[C@@H](O)[C@H](O)[C@H]3O[C@@H]3O[C@H](CO)[C@H](O)[C@H](O)[C@H]3O)[C@@H](O[C@@H]3O[C@H](CO[C@H]4OC[C@@H](O)[C@H](O)[C@H]4O)[C@@H](O)[C@H](O)[C@H]3O)[C@H](O)[C@H]2O)[C@H](O)[C@H]1O)[C@H](O)[C@@H](O)CO. The minimum absolute atomic E-state index is 0.515. The number of hydrogen-bond acceptors (Lipinski definition) is 38. The van der Waals surface area contributed by atoms with E-state index in [1.165, 1.54) is 0 Å². The first-order valence-electron chi connectivity index (χ1n) is 26.3. The van der Waals surface area contributed by atoms with E-state index in [0.29, 0.717) is 0 Å². The van der Waals surface area contributed by atoms with Gasteiger partial charge in [-0.05, 0) is 0 Å². The maximum absolute atomic E-state index is 12.0. The van der Waals surface area contributed by atoms with Crippen molar-refractivity contribution in [2.24, 2.45) is 0 Å². The van der Waals surface area contributed by atoms with E-state index < -0.39 is 281 Å². The number of aliphatic hydroxyl groups is 24. The summed E-state index contributed by atoms with van der Waals surface area (Å²) >= 11 is 0. The standard InChI is InChI=1S/C45H78O38/c46-1-10(49)21(56)35(11(50)2-47)80-43-33(68)27(62)36(17(78-43)8-74-40-30(65)20(55)13(52)5-71-40)82-44-34(69)28(63)37(81-42-32(67)26(61)24(59)16(77-42)7-73-39-29(64)19(54)12(51)4-70-39)18(79-44)9-75-45-38(22(57)14(53)6-72-45)83-41-31(66)25(60)23(58)15(3-48)76-41/h10-69H,1-9H2/t10-,11+,12+,13+,14+,15+,16+,17+,18+,19-,20-,21+,22-,23-,24+,25-,26-,27+,28+,29+,30+,31+,32+,33+,34+,35+,36+,37+,38+,39+,40+,41-,42-,43-,44-,45+/m0/s1. The molecule has 7 heterocycles. The first-order valence-corrected chi connectivity index (χ1v) is 26.3. The van der Waals surface area contributed by atoms with E-state index in [-0.39, 0.29) is 0 Å². The van der Waals surface area contributed by atoms with Crippen molar-refractivity contribution in [3.05, 3.63) is 0 Å². The Bertz CT molecular complexity index is 1920. The maximum atomic E-state index is 12.0. The molecule has 0 aromatic heterocycles. The highest BCUT2D eigenvalue weighted by Gasteiger charge is 2.57. The van der Waals surface area contributed by atoms with Crippen molar-refractivity contribution in [1.82, 2.24) is 0 Å². The normalized spacial score (nSPS) is 49.9. The fourth-order valence-electron chi connectivity index (χ4n) is 9.91. The summed E-state index contributed by atoms with van der Waals surface area (Å²) in [4.78, 5) is 0. The molecule has 7 saturated heterocycles. The van der Waals surface area contributed by atoms with E-state index >= 15 is 0 Å². The van der Waals surface area contributed by atoms with Crippen LogP contribution >= 0.6 is 0 Å². The summed E-state index contributed by atoms with van der Waals surface area (Å²) in [6, 6.07) is 0. The van der Waals surface area contributed by atoms with Gasteiger partial charge >= 0.3 is 0 Å². The Hall–Kier alpha value is -1.52. The molecule has 7 fully saturated rings. The molecule has 0 aromatic carbocycles. The number of hydrogen-bond donors (Lipinski definition) is 24. The van der Waals surface area contributed by atoms with E-state index in [2.05, 4.69) is 0 Å². The Morgan fingerprint density at radius 2 is 0.675 bits per heavy atom. The molecule has 7 aliphatic heterocycles. The average molecular weight is 1230 g/mol. The van der Waals surface area contributed by atoms with Crippen LogP contribution in [0.15, 0.2) is 0 Å². The lowest BCUT2D eigenvalue weighted by molar-refractivity contribution is -0.392. The first-order chi connectivity index (χ1) is 39.2. The molecular formula is C45H78O38. The molecule has 83 heavy (non-hydrogen) atoms. The van der Waals surface area contributed by atoms with Crippen LogP contribution in [0.5, 0.6) is 0 Å². The van der Waals surface area contributed by atoms with Gasteiger partial charge in [0.25, 0.3) is 0 Å². The minimum atomic E-state index is -2.41. The van der Waals surface area contributed by atoms with E-state index in [1.807, 2.05) is 0 Å². The van der Waals surface area contributed by atoms with Gasteiger partial charge in [0.15, 0.2) is 44.0 Å². The van der Waals surface area contributed by atoms with Gasteiger partial charge in [-0.2, -0.15) is 0 Å². The van der Waals surface area contributed by atoms with Crippen LogP contribution in [0.3, 0.4) is 0 Å². The van der Waals surface area contributed by atoms with Crippen LogP contribution in [0.25, 0.3) is 0 Å². The van der Waals surface area contributed by atoms with Crippen molar-refractivity contribution in [3.63, 3.8) is 0 Å². The van der Waals surface area contributed by atoms with Crippen LogP contribution in [0.1, 0.15) is 0 Å². The van der Waals surface area contributed by atoms with Crippen LogP contribution in [-0.4, -0.2) is 403 Å². The third-order valence-corrected chi connectivity index (χ3v) is 15.1. The summed E-state index contributed by atoms with van der Waals surface area (Å²) in [5.74, 6) is 0. The van der Waals surface area contributed by atoms with Crippen LogP contribution in [0.4, 0.5) is 0 Å². The number of rotatable bonds is 23. The average Bonchev–Trinajstić information content (AvgIpc) is 3.67. The van der Waals surface area contributed by atoms with Gasteiger partial charge in [-0.1, -0.05) is 0 Å². The van der Waals surface area contributed by atoms with Crippen molar-refractivity contribution in [2.45, 2.75) is 221 Å². The molecule has 38 heteroatoms. The minimum Gasteiger partial charge on any atom is -0.394 e. The predicted octanol–water partition coefficient (Wildman–Crippen LogP) is -16.9. The lowest BCUT2D eigenvalue weighted by Gasteiger charge is -2.49. The molecule has 0 bridgehead atoms. The molecule has 0 spiro atoms. The monoisotopic (exact) mass is 1230 g/mol. The summed E-state index contributed by atoms with van der Waals surface area (Å²) in [6.45, 7) is -7.80. The third kappa shape index (κ3) is 15.6. The summed E-state index contributed by atoms with van der Waals surface area (Å²) < 4.78 is 79.3. The van der Waals surface area contributed by atoms with Gasteiger partial charge in [0.1, 0.15) is 177 Å². The molecule has 486 valence electrons. The zero-order valence-corrected chi connectivity index (χ0v) is 43.6. The second-order valence-corrected chi connectivity index (χ2v) is 20.9. The fourth-order valence-corrected chi connectivity index (χ4v) is 9.91. The molecule has 7 aliphatic rings. The second kappa shape index (κ2) is 30.3. The summed E-state index contributed by atoms with van der Waals surface area (Å²) in [6.07, 6.45) is -71.8. The second-order valence-electron chi connectivity index (χ2n) is 20.9. The fraction of sp³-hybridized carbons (Fsp3) is 1.00. The van der Waals surface area contributed by atoms with Crippen LogP contribution in [0.2, 0.25) is 0 Å². The zero-order valence-electron chi connectivity index (χ0n) is 43.6. The molecule has 24 N–H and O–H groups in total. The lowest BCUT2D eigenvalue weighted by atomic mass is 9.95. The largest absolute Gasteiger partial charge is 0.394 e. The third-order valence-electron chi connectivity index (χ3n) is 15.1. The van der Waals surface area contributed by atoms with Crippen molar-refractivity contribution >= 4 is 0 Å². The predicted molar refractivity (Wildman–Crippen MR) is 249 cm³/mol. The molecule has 7 rings (SSSR count). The van der Waals surface area contributed by atoms with Crippen molar-refractivity contribution in [2.75, 3.05) is 59.5 Å². The lowest BCUT2D eigenvalue weighted by Crippen LogP contribution is -2.67. The van der Waals surface area contributed by atoms with Gasteiger partial charge in [0.2, 0.25) is 0 Å². The highest BCUT2D eigenvalue weighted by atomic mass is 16.8. The van der Waals surface area contributed by atoms with Crippen molar-refractivity contribution in [1.29, 1.82) is 0 Å². The van der Waals surface area contributed by atoms with Gasteiger partial charge in [0, 0.05) is 0 Å². The summed E-state index contributed by atoms with van der Waals surface area (Å²) in [7, 11) is 0. The number of ether oxygens (including phenoxy) is 14. The Balaban J connectivity index is 1.17. The molecule has 0 amide bonds. The van der Waals surface area contributed by atoms with Gasteiger partial charge in [0.05, 0.1) is 59.5 Å². The molecule has 36 atom stereocenters. The van der Waals surface area contributed by atoms with Gasteiger partial charge in [-0.3, -0.25) is 0 Å². The Labute approximate surface area is 468 Å². The molecule has 38 nitrogen and oxygen atoms in total. The van der Waals surface area contributed by atoms with E-state index in [4.69, 9.17) is 66.3 Å². The Kier molecular flexibility index (Phi) is 25.2. The van der Waals surface area contributed by atoms with Gasteiger partial charge in [-0.25, -0.2) is 0 Å². The van der Waals surface area contributed by atoms with Crippen molar-refractivity contribution in [3.8, 4) is 0 Å². The molecule has 0 unspecified atom stereocenters. The Morgan fingerprint density at radius 1 is 0.325 bits per heavy atom. The molecule has 0 aromatic rings. The molecular weight excluding hydrogens is 1150 g/mol. The quantitative estimate of drug-likeness (QED) is 0.0452. The first kappa shape index (κ1) is 69.0. The highest BCUT2D eigenvalue weighted by molar-refractivity contribution is 4.99. The van der Waals surface area contributed by atoms with E-state index in [1.54, 1.807) is 0 Å². The maximum Gasteiger partial charge on any atom is 0.187 e. The van der Waals surface area contributed by atoms with Crippen LogP contribution in [-0.2, 0) is 66.3 Å². The van der Waals surface area contributed by atoms with Crippen molar-refractivity contribution < 1.29 is 189 Å². The van der Waals surface area contributed by atoms with Crippen LogP contribution < -0.4 is 0 Å². The Morgan fingerprint density at radius 3 is 1.14 bits per heavy atom. The molecule has 0 saturated carbocycles.